The van der Waals surface area contributed by atoms with Crippen molar-refractivity contribution in [3.63, 3.8) is 0 Å². The number of nitrogens with zero attached hydrogens (tertiary/aromatic N) is 2. The average molecular weight is 299 g/mol. The number of rotatable bonds is 5. The van der Waals surface area contributed by atoms with Gasteiger partial charge in [0.2, 0.25) is 0 Å². The maximum Gasteiger partial charge on any atom is 0.345 e. The molecule has 8 nitrogen and oxygen atoms in total. The minimum Gasteiger partial charge on any atom is -0.455 e. The lowest BCUT2D eigenvalue weighted by Crippen LogP contribution is -2.23. The molecule has 0 atom stereocenters. The fourth-order valence-corrected chi connectivity index (χ4v) is 2.63. The molecular formula is C11H13N3O5S. The quantitative estimate of drug-likeness (QED) is 0.503. The maximum atomic E-state index is 11.6. The standard InChI is InChI=1S/C11H13N3O5S/c15-8(6-19-10(16)7-3-1-2-4-7)13-11-12-5-9(20-11)14(17)18/h5,7H,1-4,6H2,(H,12,13,15). The number of anilines is 1. The van der Waals surface area contributed by atoms with Gasteiger partial charge in [0.25, 0.3) is 5.91 Å². The molecule has 1 aromatic heterocycles. The number of carbonyl (C=O) groups is 2. The first-order valence-corrected chi connectivity index (χ1v) is 6.94. The summed E-state index contributed by atoms with van der Waals surface area (Å²) in [6.45, 7) is -0.400. The minimum atomic E-state index is -0.590. The highest BCUT2D eigenvalue weighted by Gasteiger charge is 2.24. The summed E-state index contributed by atoms with van der Waals surface area (Å²) in [4.78, 5) is 36.7. The zero-order valence-corrected chi connectivity index (χ0v) is 11.4. The van der Waals surface area contributed by atoms with Gasteiger partial charge in [-0.3, -0.25) is 25.0 Å². The number of hydrogen-bond donors (Lipinski definition) is 1. The Morgan fingerprint density at radius 3 is 2.80 bits per heavy atom. The molecular weight excluding hydrogens is 286 g/mol. The van der Waals surface area contributed by atoms with Gasteiger partial charge in [-0.05, 0) is 24.2 Å². The van der Waals surface area contributed by atoms with Crippen LogP contribution in [-0.2, 0) is 14.3 Å². The number of nitrogens with one attached hydrogen (secondary N) is 1. The molecule has 0 bridgehead atoms. The summed E-state index contributed by atoms with van der Waals surface area (Å²) in [5.74, 6) is -1.02. The van der Waals surface area contributed by atoms with Crippen molar-refractivity contribution in [3.05, 3.63) is 16.3 Å². The number of esters is 1. The van der Waals surface area contributed by atoms with Crippen LogP contribution in [-0.4, -0.2) is 28.4 Å². The van der Waals surface area contributed by atoms with Gasteiger partial charge < -0.3 is 4.74 Å². The van der Waals surface area contributed by atoms with Crippen molar-refractivity contribution in [3.8, 4) is 0 Å². The summed E-state index contributed by atoms with van der Waals surface area (Å²) in [5.41, 5.74) is 0. The van der Waals surface area contributed by atoms with Gasteiger partial charge in [-0.2, -0.15) is 0 Å². The SMILES string of the molecule is O=C(COC(=O)C1CCCC1)Nc1ncc([N+](=O)[O-])s1. The maximum absolute atomic E-state index is 11.6. The fourth-order valence-electron chi connectivity index (χ4n) is 1.98. The number of carbonyl (C=O) groups excluding carboxylic acids is 2. The Labute approximate surface area is 118 Å². The number of hydrogen-bond acceptors (Lipinski definition) is 7. The molecule has 108 valence electrons. The topological polar surface area (TPSA) is 111 Å². The van der Waals surface area contributed by atoms with Crippen molar-refractivity contribution in [2.45, 2.75) is 25.7 Å². The van der Waals surface area contributed by atoms with Crippen molar-refractivity contribution in [1.82, 2.24) is 4.98 Å². The lowest BCUT2D eigenvalue weighted by atomic mass is 10.1. The van der Waals surface area contributed by atoms with Crippen LogP contribution in [0.4, 0.5) is 10.1 Å². The lowest BCUT2D eigenvalue weighted by Gasteiger charge is -2.08. The molecule has 1 fully saturated rings. The molecule has 9 heteroatoms. The molecule has 1 heterocycles. The third-order valence-electron chi connectivity index (χ3n) is 2.95. The van der Waals surface area contributed by atoms with Gasteiger partial charge >= 0.3 is 11.0 Å². The summed E-state index contributed by atoms with van der Waals surface area (Å²) in [7, 11) is 0. The van der Waals surface area contributed by atoms with E-state index in [1.807, 2.05) is 0 Å². The molecule has 1 aromatic rings. The summed E-state index contributed by atoms with van der Waals surface area (Å²) < 4.78 is 4.91. The van der Waals surface area contributed by atoms with Crippen LogP contribution >= 0.6 is 11.3 Å². The van der Waals surface area contributed by atoms with E-state index >= 15 is 0 Å². The molecule has 1 aliphatic rings. The lowest BCUT2D eigenvalue weighted by molar-refractivity contribution is -0.380. The second kappa shape index (κ2) is 6.42. The summed E-state index contributed by atoms with van der Waals surface area (Å²) in [5, 5.41) is 12.8. The molecule has 0 radical (unpaired) electrons. The van der Waals surface area contributed by atoms with Gasteiger partial charge in [0.05, 0.1) is 10.8 Å². The Hall–Kier alpha value is -2.03. The molecule has 1 aliphatic carbocycles. The zero-order valence-electron chi connectivity index (χ0n) is 10.5. The van der Waals surface area contributed by atoms with Crippen molar-refractivity contribution in [2.24, 2.45) is 5.92 Å². The largest absolute Gasteiger partial charge is 0.455 e. The third-order valence-corrected chi connectivity index (χ3v) is 3.82. The number of ether oxygens (including phenoxy) is 1. The molecule has 0 unspecified atom stereocenters. The van der Waals surface area contributed by atoms with Crippen LogP contribution in [0.25, 0.3) is 0 Å². The number of thiazole rings is 1. The third kappa shape index (κ3) is 3.73. The van der Waals surface area contributed by atoms with Crippen molar-refractivity contribution in [2.75, 3.05) is 11.9 Å². The van der Waals surface area contributed by atoms with E-state index < -0.39 is 17.4 Å². The second-order valence-electron chi connectivity index (χ2n) is 4.40. The summed E-state index contributed by atoms with van der Waals surface area (Å²) in [6.07, 6.45) is 4.69. The van der Waals surface area contributed by atoms with Crippen LogP contribution in [0.15, 0.2) is 6.20 Å². The highest BCUT2D eigenvalue weighted by atomic mass is 32.1. The highest BCUT2D eigenvalue weighted by molar-refractivity contribution is 7.18. The normalized spacial score (nSPS) is 15.0. The Kier molecular flexibility index (Phi) is 4.61. The van der Waals surface area contributed by atoms with Crippen LogP contribution in [0.5, 0.6) is 0 Å². The molecule has 1 amide bonds. The number of nitro groups is 1. The van der Waals surface area contributed by atoms with Crippen molar-refractivity contribution >= 4 is 33.3 Å². The van der Waals surface area contributed by atoms with E-state index in [-0.39, 0.29) is 22.0 Å². The van der Waals surface area contributed by atoms with E-state index in [2.05, 4.69) is 10.3 Å². The second-order valence-corrected chi connectivity index (χ2v) is 5.41. The Bertz CT molecular complexity index is 524. The Morgan fingerprint density at radius 1 is 1.50 bits per heavy atom. The molecule has 0 saturated heterocycles. The predicted molar refractivity (Wildman–Crippen MR) is 70.3 cm³/mol. The smallest absolute Gasteiger partial charge is 0.345 e. The molecule has 0 aliphatic heterocycles. The number of amides is 1. The molecule has 2 rings (SSSR count). The van der Waals surface area contributed by atoms with Gasteiger partial charge in [0.15, 0.2) is 11.7 Å². The summed E-state index contributed by atoms with van der Waals surface area (Å²) >= 11 is 0.746. The van der Waals surface area contributed by atoms with Crippen molar-refractivity contribution in [1.29, 1.82) is 0 Å². The number of aromatic nitrogens is 1. The monoisotopic (exact) mass is 299 g/mol. The Morgan fingerprint density at radius 2 is 2.20 bits per heavy atom. The van der Waals surface area contributed by atoms with Crippen LogP contribution in [0.3, 0.4) is 0 Å². The molecule has 20 heavy (non-hydrogen) atoms. The first-order valence-electron chi connectivity index (χ1n) is 6.13. The predicted octanol–water partition coefficient (Wildman–Crippen LogP) is 1.72. The van der Waals surface area contributed by atoms with Gasteiger partial charge in [-0.1, -0.05) is 12.8 Å². The van der Waals surface area contributed by atoms with E-state index in [1.54, 1.807) is 0 Å². The van der Waals surface area contributed by atoms with Crippen LogP contribution in [0.1, 0.15) is 25.7 Å². The zero-order chi connectivity index (χ0) is 14.5. The van der Waals surface area contributed by atoms with Crippen molar-refractivity contribution < 1.29 is 19.2 Å². The summed E-state index contributed by atoms with van der Waals surface area (Å²) in [6, 6.07) is 0. The highest BCUT2D eigenvalue weighted by Crippen LogP contribution is 2.26. The fraction of sp³-hybridized carbons (Fsp3) is 0.545. The van der Waals surface area contributed by atoms with Crippen LogP contribution < -0.4 is 5.32 Å². The molecule has 0 spiro atoms. The molecule has 1 N–H and O–H groups in total. The van der Waals surface area contributed by atoms with Gasteiger partial charge in [0.1, 0.15) is 6.20 Å². The first-order chi connectivity index (χ1) is 9.56. The first kappa shape index (κ1) is 14.4. The average Bonchev–Trinajstić information content (AvgIpc) is 3.06. The Balaban J connectivity index is 1.77. The van der Waals surface area contributed by atoms with Crippen LogP contribution in [0.2, 0.25) is 0 Å². The van der Waals surface area contributed by atoms with E-state index in [4.69, 9.17) is 4.74 Å². The molecule has 1 saturated carbocycles. The van der Waals surface area contributed by atoms with E-state index in [0.29, 0.717) is 0 Å². The minimum absolute atomic E-state index is 0.108. The van der Waals surface area contributed by atoms with Crippen LogP contribution in [0, 0.1) is 16.0 Å². The van der Waals surface area contributed by atoms with Gasteiger partial charge in [-0.25, -0.2) is 4.98 Å². The van der Waals surface area contributed by atoms with E-state index in [9.17, 15) is 19.7 Å². The van der Waals surface area contributed by atoms with E-state index in [1.165, 1.54) is 0 Å². The van der Waals surface area contributed by atoms with Gasteiger partial charge in [-0.15, -0.1) is 0 Å². The molecule has 0 aromatic carbocycles. The van der Waals surface area contributed by atoms with Gasteiger partial charge in [0, 0.05) is 0 Å². The van der Waals surface area contributed by atoms with E-state index in [0.717, 1.165) is 43.2 Å².